The molecule has 9 heteroatoms. The van der Waals surface area contributed by atoms with Crippen LogP contribution in [0.5, 0.6) is 0 Å². The first-order chi connectivity index (χ1) is 14.7. The third-order valence-corrected chi connectivity index (χ3v) is 5.24. The molecule has 9 nitrogen and oxygen atoms in total. The summed E-state index contributed by atoms with van der Waals surface area (Å²) in [7, 11) is 0. The number of urea groups is 1. The molecule has 0 atom stereocenters. The van der Waals surface area contributed by atoms with Gasteiger partial charge in [-0.2, -0.15) is 0 Å². The van der Waals surface area contributed by atoms with Crippen LogP contribution in [0.25, 0.3) is 0 Å². The predicted octanol–water partition coefficient (Wildman–Crippen LogP) is 1.89. The van der Waals surface area contributed by atoms with Crippen molar-refractivity contribution >= 4 is 23.7 Å². The molecule has 0 saturated carbocycles. The minimum absolute atomic E-state index is 0.135. The fourth-order valence-electron chi connectivity index (χ4n) is 3.62. The summed E-state index contributed by atoms with van der Waals surface area (Å²) in [6, 6.07) is 6.99. The van der Waals surface area contributed by atoms with Gasteiger partial charge in [0.2, 0.25) is 0 Å². The Balaban J connectivity index is 1.36. The normalized spacial score (nSPS) is 17.5. The third kappa shape index (κ3) is 6.58. The van der Waals surface area contributed by atoms with Crippen LogP contribution in [0.3, 0.4) is 0 Å². The maximum Gasteiger partial charge on any atom is 0.410 e. The molecule has 0 aliphatic carbocycles. The Morgan fingerprint density at radius 1 is 1.13 bits per heavy atom. The Labute approximate surface area is 183 Å². The van der Waals surface area contributed by atoms with E-state index in [1.807, 2.05) is 26.8 Å². The van der Waals surface area contributed by atoms with Crippen molar-refractivity contribution in [3.63, 3.8) is 0 Å². The predicted molar refractivity (Wildman–Crippen MR) is 118 cm³/mol. The van der Waals surface area contributed by atoms with Gasteiger partial charge in [0.05, 0.1) is 0 Å². The van der Waals surface area contributed by atoms with Gasteiger partial charge in [-0.15, -0.1) is 0 Å². The summed E-state index contributed by atoms with van der Waals surface area (Å²) in [4.78, 5) is 42.1. The van der Waals surface area contributed by atoms with E-state index in [2.05, 4.69) is 15.5 Å². The Kier molecular flexibility index (Phi) is 7.37. The molecule has 170 valence electrons. The van der Waals surface area contributed by atoms with E-state index >= 15 is 0 Å². The van der Waals surface area contributed by atoms with E-state index in [-0.39, 0.29) is 18.0 Å². The zero-order valence-electron chi connectivity index (χ0n) is 18.6. The van der Waals surface area contributed by atoms with Crippen molar-refractivity contribution < 1.29 is 19.1 Å². The quantitative estimate of drug-likeness (QED) is 0.671. The molecule has 0 radical (unpaired) electrons. The highest BCUT2D eigenvalue weighted by Crippen LogP contribution is 2.18. The molecule has 2 saturated heterocycles. The standard InChI is InChI=1S/C22H33N5O4/c1-22(2,3)31-21(30)26-14-12-25(13-15-26)10-5-8-23-19(28)17-6-4-7-18(16-17)27-11-9-24-20(27)29/h4,6-7,16H,5,8-15H2,1-3H3,(H,23,28)(H,24,29). The molecule has 0 aromatic heterocycles. The molecule has 4 amide bonds. The van der Waals surface area contributed by atoms with Crippen LogP contribution in [0.2, 0.25) is 0 Å². The maximum absolute atomic E-state index is 12.5. The topological polar surface area (TPSA) is 94.2 Å². The molecule has 0 spiro atoms. The van der Waals surface area contributed by atoms with Crippen molar-refractivity contribution in [3.8, 4) is 0 Å². The lowest BCUT2D eigenvalue weighted by Crippen LogP contribution is -2.50. The molecule has 2 N–H and O–H groups in total. The number of carbonyl (C=O) groups is 3. The lowest BCUT2D eigenvalue weighted by molar-refractivity contribution is 0.0144. The summed E-state index contributed by atoms with van der Waals surface area (Å²) in [6.07, 6.45) is 0.569. The molecule has 1 aromatic carbocycles. The van der Waals surface area contributed by atoms with Gasteiger partial charge in [0, 0.05) is 57.1 Å². The van der Waals surface area contributed by atoms with Crippen LogP contribution >= 0.6 is 0 Å². The van der Waals surface area contributed by atoms with E-state index in [0.717, 1.165) is 31.7 Å². The number of hydrogen-bond acceptors (Lipinski definition) is 5. The second-order valence-corrected chi connectivity index (χ2v) is 8.85. The van der Waals surface area contributed by atoms with Gasteiger partial charge in [0.1, 0.15) is 5.60 Å². The number of carbonyl (C=O) groups excluding carboxylic acids is 3. The van der Waals surface area contributed by atoms with Gasteiger partial charge >= 0.3 is 12.1 Å². The number of ether oxygens (including phenoxy) is 1. The van der Waals surface area contributed by atoms with Crippen molar-refractivity contribution in [1.29, 1.82) is 0 Å². The fourth-order valence-corrected chi connectivity index (χ4v) is 3.62. The Hall–Kier alpha value is -2.81. The second kappa shape index (κ2) is 10.00. The monoisotopic (exact) mass is 431 g/mol. The fraction of sp³-hybridized carbons (Fsp3) is 0.591. The SMILES string of the molecule is CC(C)(C)OC(=O)N1CCN(CCCNC(=O)c2cccc(N3CCNC3=O)c2)CC1. The average molecular weight is 432 g/mol. The van der Waals surface area contributed by atoms with E-state index < -0.39 is 5.60 Å². The van der Waals surface area contributed by atoms with Crippen molar-refractivity contribution in [1.82, 2.24) is 20.4 Å². The molecule has 2 aliphatic rings. The summed E-state index contributed by atoms with van der Waals surface area (Å²) in [5, 5.41) is 5.71. The molecule has 3 rings (SSSR count). The van der Waals surface area contributed by atoms with Crippen LogP contribution in [0, 0.1) is 0 Å². The van der Waals surface area contributed by atoms with E-state index in [1.165, 1.54) is 0 Å². The molecular formula is C22H33N5O4. The molecule has 0 unspecified atom stereocenters. The lowest BCUT2D eigenvalue weighted by Gasteiger charge is -2.35. The number of amides is 4. The van der Waals surface area contributed by atoms with Gasteiger partial charge in [0.25, 0.3) is 5.91 Å². The van der Waals surface area contributed by atoms with E-state index in [0.29, 0.717) is 38.3 Å². The van der Waals surface area contributed by atoms with Gasteiger partial charge in [-0.1, -0.05) is 6.07 Å². The van der Waals surface area contributed by atoms with Crippen LogP contribution in [0.15, 0.2) is 24.3 Å². The van der Waals surface area contributed by atoms with Gasteiger partial charge in [-0.25, -0.2) is 9.59 Å². The molecule has 0 bridgehead atoms. The van der Waals surface area contributed by atoms with E-state index in [1.54, 1.807) is 28.0 Å². The first kappa shape index (κ1) is 22.9. The summed E-state index contributed by atoms with van der Waals surface area (Å²) in [5.74, 6) is -0.142. The van der Waals surface area contributed by atoms with Crippen LogP contribution < -0.4 is 15.5 Å². The second-order valence-electron chi connectivity index (χ2n) is 8.85. The number of piperazine rings is 1. The highest BCUT2D eigenvalue weighted by Gasteiger charge is 2.25. The van der Waals surface area contributed by atoms with Crippen LogP contribution in [0.4, 0.5) is 15.3 Å². The van der Waals surface area contributed by atoms with Gasteiger partial charge in [-0.3, -0.25) is 14.6 Å². The van der Waals surface area contributed by atoms with Gasteiger partial charge in [0.15, 0.2) is 0 Å². The van der Waals surface area contributed by atoms with Crippen LogP contribution in [-0.4, -0.2) is 85.8 Å². The largest absolute Gasteiger partial charge is 0.444 e. The summed E-state index contributed by atoms with van der Waals surface area (Å²) in [6.45, 7) is 11.2. The first-order valence-corrected chi connectivity index (χ1v) is 10.9. The minimum Gasteiger partial charge on any atom is -0.444 e. The zero-order chi connectivity index (χ0) is 22.4. The van der Waals surface area contributed by atoms with E-state index in [4.69, 9.17) is 4.74 Å². The van der Waals surface area contributed by atoms with E-state index in [9.17, 15) is 14.4 Å². The summed E-state index contributed by atoms with van der Waals surface area (Å²) in [5.41, 5.74) is 0.793. The number of rotatable bonds is 6. The smallest absolute Gasteiger partial charge is 0.410 e. The molecule has 2 heterocycles. The Morgan fingerprint density at radius 3 is 2.52 bits per heavy atom. The molecule has 2 fully saturated rings. The molecule has 31 heavy (non-hydrogen) atoms. The number of nitrogens with one attached hydrogen (secondary N) is 2. The van der Waals surface area contributed by atoms with Crippen molar-refractivity contribution in [2.45, 2.75) is 32.8 Å². The minimum atomic E-state index is -0.479. The number of benzene rings is 1. The Bertz CT molecular complexity index is 799. The summed E-state index contributed by atoms with van der Waals surface area (Å²) >= 11 is 0. The Morgan fingerprint density at radius 2 is 1.87 bits per heavy atom. The average Bonchev–Trinajstić information content (AvgIpc) is 3.16. The zero-order valence-corrected chi connectivity index (χ0v) is 18.6. The van der Waals surface area contributed by atoms with Crippen LogP contribution in [0.1, 0.15) is 37.6 Å². The highest BCUT2D eigenvalue weighted by molar-refractivity contribution is 5.98. The van der Waals surface area contributed by atoms with Gasteiger partial charge < -0.3 is 20.3 Å². The van der Waals surface area contributed by atoms with Crippen molar-refractivity contribution in [3.05, 3.63) is 29.8 Å². The lowest BCUT2D eigenvalue weighted by atomic mass is 10.1. The first-order valence-electron chi connectivity index (χ1n) is 10.9. The molecular weight excluding hydrogens is 398 g/mol. The number of nitrogens with zero attached hydrogens (tertiary/aromatic N) is 3. The third-order valence-electron chi connectivity index (χ3n) is 5.24. The van der Waals surface area contributed by atoms with Crippen molar-refractivity contribution in [2.24, 2.45) is 0 Å². The summed E-state index contributed by atoms with van der Waals surface area (Å²) < 4.78 is 5.42. The number of anilines is 1. The van der Waals surface area contributed by atoms with Gasteiger partial charge in [-0.05, 0) is 51.9 Å². The van der Waals surface area contributed by atoms with Crippen LogP contribution in [-0.2, 0) is 4.74 Å². The maximum atomic E-state index is 12.5. The number of hydrogen-bond donors (Lipinski definition) is 2. The highest BCUT2D eigenvalue weighted by atomic mass is 16.6. The molecule has 1 aromatic rings. The van der Waals surface area contributed by atoms with Crippen molar-refractivity contribution in [2.75, 3.05) is 57.3 Å². The molecule has 2 aliphatic heterocycles.